The van der Waals surface area contributed by atoms with Gasteiger partial charge in [-0.2, -0.15) is 0 Å². The minimum atomic E-state index is -0.683. The van der Waals surface area contributed by atoms with Crippen molar-refractivity contribution >= 4 is 45.3 Å². The molecule has 6 aromatic rings. The smallest absolute Gasteiger partial charge is 0.326 e. The molecule has 4 aromatic carbocycles. The molecule has 0 saturated carbocycles. The lowest BCUT2D eigenvalue weighted by Gasteiger charge is -2.19. The summed E-state index contributed by atoms with van der Waals surface area (Å²) < 4.78 is 27.3. The van der Waals surface area contributed by atoms with Gasteiger partial charge in [-0.3, -0.25) is 14.2 Å². The van der Waals surface area contributed by atoms with Crippen LogP contribution in [0.2, 0.25) is 5.15 Å². The topological polar surface area (TPSA) is 86.4 Å². The minimum absolute atomic E-state index is 0.0130. The fraction of sp³-hybridized carbons (Fsp3) is 0.121. The number of benzene rings is 4. The van der Waals surface area contributed by atoms with Crippen LogP contribution in [0.25, 0.3) is 33.2 Å². The number of halogens is 2. The largest absolute Gasteiger partial charge is 0.459 e. The third kappa shape index (κ3) is 5.36. The molecule has 0 spiro atoms. The molecule has 0 aliphatic rings. The average molecular weight is 582 g/mol. The van der Waals surface area contributed by atoms with Gasteiger partial charge in [0.05, 0.1) is 11.7 Å². The number of furan rings is 1. The summed E-state index contributed by atoms with van der Waals surface area (Å²) in [4.78, 5) is 31.0. The minimum Gasteiger partial charge on any atom is -0.459 e. The van der Waals surface area contributed by atoms with Crippen molar-refractivity contribution in [3.63, 3.8) is 0 Å². The van der Waals surface area contributed by atoms with Crippen molar-refractivity contribution in [2.75, 3.05) is 5.32 Å². The van der Waals surface area contributed by atoms with Crippen LogP contribution in [0, 0.1) is 5.82 Å². The molecule has 0 saturated heterocycles. The lowest BCUT2D eigenvalue weighted by atomic mass is 10.0. The van der Waals surface area contributed by atoms with Gasteiger partial charge in [0, 0.05) is 16.3 Å². The highest BCUT2D eigenvalue weighted by Crippen LogP contribution is 2.32. The van der Waals surface area contributed by atoms with Crippen LogP contribution in [0.15, 0.2) is 106 Å². The lowest BCUT2D eigenvalue weighted by Crippen LogP contribution is -2.31. The Kier molecular flexibility index (Phi) is 7.46. The highest BCUT2D eigenvalue weighted by Gasteiger charge is 2.23. The maximum atomic E-state index is 14.9. The van der Waals surface area contributed by atoms with E-state index >= 15 is 0 Å². The maximum absolute atomic E-state index is 14.9. The van der Waals surface area contributed by atoms with Crippen molar-refractivity contribution in [3.05, 3.63) is 130 Å². The Hall–Kier alpha value is -4.95. The summed E-state index contributed by atoms with van der Waals surface area (Å²) in [6, 6.07) is 28.2. The zero-order chi connectivity index (χ0) is 29.2. The SMILES string of the molecule is C[C@H](Nc1nc(Cl)c(-c2ccccc2F)n(CC(=O)OCc2ccccc2)c1=O)c1ccc2oc3ccccc3c2c1. The fourth-order valence-corrected chi connectivity index (χ4v) is 5.20. The highest BCUT2D eigenvalue weighted by atomic mass is 35.5. The molecule has 2 heterocycles. The van der Waals surface area contributed by atoms with Gasteiger partial charge in [-0.1, -0.05) is 78.3 Å². The molecule has 1 N–H and O–H groups in total. The van der Waals surface area contributed by atoms with Crippen LogP contribution < -0.4 is 10.9 Å². The third-order valence-corrected chi connectivity index (χ3v) is 7.30. The van der Waals surface area contributed by atoms with Crippen LogP contribution in [0.1, 0.15) is 24.1 Å². The van der Waals surface area contributed by atoms with E-state index in [1.807, 2.05) is 79.7 Å². The molecule has 7 nitrogen and oxygen atoms in total. The van der Waals surface area contributed by atoms with Gasteiger partial charge in [0.25, 0.3) is 5.56 Å². The molecule has 210 valence electrons. The van der Waals surface area contributed by atoms with E-state index < -0.39 is 23.9 Å². The maximum Gasteiger partial charge on any atom is 0.326 e. The number of esters is 1. The van der Waals surface area contributed by atoms with Crippen LogP contribution in [0.3, 0.4) is 0 Å². The van der Waals surface area contributed by atoms with E-state index in [1.54, 1.807) is 6.07 Å². The molecule has 0 aliphatic carbocycles. The summed E-state index contributed by atoms with van der Waals surface area (Å²) in [5.74, 6) is -1.38. The molecule has 0 fully saturated rings. The van der Waals surface area contributed by atoms with E-state index in [2.05, 4.69) is 10.3 Å². The second-order valence-corrected chi connectivity index (χ2v) is 10.2. The van der Waals surface area contributed by atoms with E-state index in [1.165, 1.54) is 18.2 Å². The van der Waals surface area contributed by atoms with Crippen LogP contribution in [0.4, 0.5) is 10.2 Å². The average Bonchev–Trinajstić information content (AvgIpc) is 3.38. The number of hydrogen-bond donors (Lipinski definition) is 1. The van der Waals surface area contributed by atoms with Crippen molar-refractivity contribution in [3.8, 4) is 11.3 Å². The number of carbonyl (C=O) groups excluding carboxylic acids is 1. The number of fused-ring (bicyclic) bond motifs is 3. The van der Waals surface area contributed by atoms with Gasteiger partial charge in [-0.15, -0.1) is 0 Å². The standard InChI is InChI=1S/C33H25ClFN3O4/c1-20(22-15-16-28-25(17-22)23-11-6-8-14-27(23)42-28)36-32-33(40)38(18-29(39)41-19-21-9-3-2-4-10-21)30(31(34)37-32)24-12-5-7-13-26(24)35/h2-17,20H,18-19H2,1H3,(H,36,37)/t20-/m0/s1. The Labute approximate surface area is 245 Å². The fourth-order valence-electron chi connectivity index (χ4n) is 4.91. The predicted molar refractivity (Wildman–Crippen MR) is 161 cm³/mol. The van der Waals surface area contributed by atoms with E-state index in [9.17, 15) is 14.0 Å². The zero-order valence-corrected chi connectivity index (χ0v) is 23.3. The first-order valence-corrected chi connectivity index (χ1v) is 13.7. The number of anilines is 1. The molecule has 6 rings (SSSR count). The quantitative estimate of drug-likeness (QED) is 0.187. The number of nitrogens with zero attached hydrogens (tertiary/aromatic N) is 2. The van der Waals surface area contributed by atoms with Crippen LogP contribution in [-0.4, -0.2) is 15.5 Å². The number of nitrogens with one attached hydrogen (secondary N) is 1. The van der Waals surface area contributed by atoms with E-state index in [-0.39, 0.29) is 34.9 Å². The van der Waals surface area contributed by atoms with Gasteiger partial charge >= 0.3 is 5.97 Å². The van der Waals surface area contributed by atoms with Crippen molar-refractivity contribution in [2.45, 2.75) is 26.1 Å². The van der Waals surface area contributed by atoms with Gasteiger partial charge in [0.2, 0.25) is 0 Å². The summed E-state index contributed by atoms with van der Waals surface area (Å²) in [5, 5.41) is 4.92. The Morgan fingerprint density at radius 2 is 1.69 bits per heavy atom. The number of ether oxygens (including phenoxy) is 1. The summed E-state index contributed by atoms with van der Waals surface area (Å²) in [5.41, 5.74) is 2.58. The monoisotopic (exact) mass is 581 g/mol. The van der Waals surface area contributed by atoms with Crippen LogP contribution >= 0.6 is 11.6 Å². The Morgan fingerprint density at radius 1 is 0.976 bits per heavy atom. The van der Waals surface area contributed by atoms with Gasteiger partial charge in [0.1, 0.15) is 30.1 Å². The highest BCUT2D eigenvalue weighted by molar-refractivity contribution is 6.32. The van der Waals surface area contributed by atoms with Gasteiger partial charge in [0.15, 0.2) is 11.0 Å². The van der Waals surface area contributed by atoms with E-state index in [0.29, 0.717) is 0 Å². The second-order valence-electron chi connectivity index (χ2n) is 9.84. The summed E-state index contributed by atoms with van der Waals surface area (Å²) in [6.07, 6.45) is 0. The number of hydrogen-bond acceptors (Lipinski definition) is 6. The van der Waals surface area contributed by atoms with Crippen LogP contribution in [-0.2, 0) is 22.7 Å². The molecule has 2 aromatic heterocycles. The second kappa shape index (κ2) is 11.5. The number of carbonyl (C=O) groups is 1. The van der Waals surface area contributed by atoms with Crippen LogP contribution in [0.5, 0.6) is 0 Å². The molecule has 0 radical (unpaired) electrons. The predicted octanol–water partition coefficient (Wildman–Crippen LogP) is 7.52. The molecule has 0 aliphatic heterocycles. The summed E-state index contributed by atoms with van der Waals surface area (Å²) in [6.45, 7) is 1.41. The molecule has 0 bridgehead atoms. The third-order valence-electron chi connectivity index (χ3n) is 7.04. The summed E-state index contributed by atoms with van der Waals surface area (Å²) >= 11 is 6.59. The first-order valence-electron chi connectivity index (χ1n) is 13.3. The van der Waals surface area contributed by atoms with Gasteiger partial charge < -0.3 is 14.5 Å². The number of aromatic nitrogens is 2. The van der Waals surface area contributed by atoms with Crippen molar-refractivity contribution in [2.24, 2.45) is 0 Å². The molecule has 1 atom stereocenters. The van der Waals surface area contributed by atoms with E-state index in [0.717, 1.165) is 37.6 Å². The lowest BCUT2D eigenvalue weighted by molar-refractivity contribution is -0.145. The normalized spacial score (nSPS) is 12.0. The Morgan fingerprint density at radius 3 is 2.50 bits per heavy atom. The Balaban J connectivity index is 1.35. The number of rotatable bonds is 8. The molecule has 42 heavy (non-hydrogen) atoms. The number of para-hydroxylation sites is 1. The molecular formula is C33H25ClFN3O4. The van der Waals surface area contributed by atoms with Crippen molar-refractivity contribution in [1.82, 2.24) is 9.55 Å². The summed E-state index contributed by atoms with van der Waals surface area (Å²) in [7, 11) is 0. The molecule has 0 unspecified atom stereocenters. The first kappa shape index (κ1) is 27.2. The molecular weight excluding hydrogens is 557 g/mol. The van der Waals surface area contributed by atoms with E-state index in [4.69, 9.17) is 20.8 Å². The molecule has 9 heteroatoms. The van der Waals surface area contributed by atoms with Gasteiger partial charge in [-0.05, 0) is 48.4 Å². The first-order chi connectivity index (χ1) is 20.4. The van der Waals surface area contributed by atoms with Gasteiger partial charge in [-0.25, -0.2) is 9.37 Å². The molecule has 0 amide bonds. The zero-order valence-electron chi connectivity index (χ0n) is 22.5. The van der Waals surface area contributed by atoms with Crippen molar-refractivity contribution in [1.29, 1.82) is 0 Å². The van der Waals surface area contributed by atoms with Crippen molar-refractivity contribution < 1.29 is 18.3 Å². The Bertz CT molecular complexity index is 1990.